The Bertz CT molecular complexity index is 904. The van der Waals surface area contributed by atoms with Gasteiger partial charge in [0.2, 0.25) is 5.91 Å². The molecule has 28 heavy (non-hydrogen) atoms. The van der Waals surface area contributed by atoms with Gasteiger partial charge in [0.05, 0.1) is 10.6 Å². The highest BCUT2D eigenvalue weighted by molar-refractivity contribution is 7.12. The summed E-state index contributed by atoms with van der Waals surface area (Å²) in [5.41, 5.74) is 1.16. The van der Waals surface area contributed by atoms with Crippen molar-refractivity contribution in [1.29, 1.82) is 0 Å². The molecular weight excluding hydrogens is 378 g/mol. The van der Waals surface area contributed by atoms with Gasteiger partial charge in [-0.05, 0) is 49.4 Å². The predicted octanol–water partition coefficient (Wildman–Crippen LogP) is 2.96. The van der Waals surface area contributed by atoms with Crippen LogP contribution in [0.5, 0.6) is 5.75 Å². The van der Waals surface area contributed by atoms with Gasteiger partial charge in [0.1, 0.15) is 5.75 Å². The Morgan fingerprint density at radius 3 is 2.75 bits per heavy atom. The van der Waals surface area contributed by atoms with Gasteiger partial charge in [-0.3, -0.25) is 14.4 Å². The van der Waals surface area contributed by atoms with Crippen LogP contribution in [0.2, 0.25) is 0 Å². The lowest BCUT2D eigenvalue weighted by Gasteiger charge is -2.31. The Kier molecular flexibility index (Phi) is 5.04. The molecule has 3 amide bonds. The highest BCUT2D eigenvalue weighted by Crippen LogP contribution is 2.32. The van der Waals surface area contributed by atoms with Crippen LogP contribution in [-0.2, 0) is 9.59 Å². The molecule has 2 aliphatic rings. The summed E-state index contributed by atoms with van der Waals surface area (Å²) in [6.45, 7) is 2.82. The van der Waals surface area contributed by atoms with E-state index in [4.69, 9.17) is 4.74 Å². The molecule has 146 valence electrons. The number of carbonyl (C=O) groups excluding carboxylic acids is 3. The molecule has 1 aromatic carbocycles. The fraction of sp³-hybridized carbons (Fsp3) is 0.350. The third kappa shape index (κ3) is 3.73. The molecule has 4 rings (SSSR count). The van der Waals surface area contributed by atoms with Crippen LogP contribution in [0.3, 0.4) is 0 Å². The van der Waals surface area contributed by atoms with Gasteiger partial charge < -0.3 is 20.3 Å². The van der Waals surface area contributed by atoms with E-state index >= 15 is 0 Å². The minimum absolute atomic E-state index is 0.0357. The second kappa shape index (κ2) is 7.63. The minimum atomic E-state index is -0.532. The number of fused-ring (bicyclic) bond motifs is 1. The van der Waals surface area contributed by atoms with Gasteiger partial charge in [0.25, 0.3) is 11.8 Å². The molecule has 1 fully saturated rings. The summed E-state index contributed by atoms with van der Waals surface area (Å²) in [6.07, 6.45) is 0.728. The second-order valence-corrected chi connectivity index (χ2v) is 7.94. The van der Waals surface area contributed by atoms with E-state index in [1.54, 1.807) is 25.1 Å². The van der Waals surface area contributed by atoms with Crippen molar-refractivity contribution in [2.45, 2.75) is 25.9 Å². The Morgan fingerprint density at radius 2 is 2.04 bits per heavy atom. The van der Waals surface area contributed by atoms with E-state index in [0.717, 1.165) is 4.88 Å². The molecule has 0 unspecified atom stereocenters. The fourth-order valence-electron chi connectivity index (χ4n) is 3.43. The van der Waals surface area contributed by atoms with E-state index in [-0.39, 0.29) is 23.6 Å². The van der Waals surface area contributed by atoms with E-state index < -0.39 is 6.10 Å². The summed E-state index contributed by atoms with van der Waals surface area (Å²) in [5, 5.41) is 7.58. The van der Waals surface area contributed by atoms with Gasteiger partial charge in [-0.25, -0.2) is 0 Å². The average molecular weight is 399 g/mol. The average Bonchev–Trinajstić information content (AvgIpc) is 3.23. The van der Waals surface area contributed by atoms with E-state index in [9.17, 15) is 14.4 Å². The lowest BCUT2D eigenvalue weighted by atomic mass is 9.95. The van der Waals surface area contributed by atoms with Crippen LogP contribution in [0.25, 0.3) is 0 Å². The van der Waals surface area contributed by atoms with Gasteiger partial charge in [0, 0.05) is 24.7 Å². The first-order valence-electron chi connectivity index (χ1n) is 9.26. The Labute approximate surface area is 166 Å². The predicted molar refractivity (Wildman–Crippen MR) is 107 cm³/mol. The first-order chi connectivity index (χ1) is 13.5. The lowest BCUT2D eigenvalue weighted by molar-refractivity contribution is -0.122. The molecule has 7 nitrogen and oxygen atoms in total. The van der Waals surface area contributed by atoms with Crippen LogP contribution in [0.4, 0.5) is 11.4 Å². The summed E-state index contributed by atoms with van der Waals surface area (Å²) >= 11 is 1.43. The maximum Gasteiger partial charge on any atom is 0.265 e. The highest BCUT2D eigenvalue weighted by atomic mass is 32.1. The van der Waals surface area contributed by atoms with Crippen LogP contribution in [0, 0.1) is 5.92 Å². The SMILES string of the molecule is C[C@H]1Oc2ccc(NC(=O)C3CCN(C(=O)c4cccs4)CC3)cc2NC1=O. The number of thiophene rings is 1. The number of nitrogens with one attached hydrogen (secondary N) is 2. The molecule has 1 aromatic heterocycles. The summed E-state index contributed by atoms with van der Waals surface area (Å²) in [6, 6.07) is 8.89. The van der Waals surface area contributed by atoms with Crippen molar-refractivity contribution in [1.82, 2.24) is 4.90 Å². The van der Waals surface area contributed by atoms with Crippen LogP contribution < -0.4 is 15.4 Å². The van der Waals surface area contributed by atoms with Crippen molar-refractivity contribution in [3.8, 4) is 5.75 Å². The van der Waals surface area contributed by atoms with Crippen molar-refractivity contribution < 1.29 is 19.1 Å². The Balaban J connectivity index is 1.34. The molecule has 0 spiro atoms. The number of piperidine rings is 1. The van der Waals surface area contributed by atoms with Crippen molar-refractivity contribution >= 4 is 40.4 Å². The number of rotatable bonds is 3. The van der Waals surface area contributed by atoms with E-state index in [0.29, 0.717) is 43.1 Å². The molecule has 0 saturated carbocycles. The van der Waals surface area contributed by atoms with E-state index in [1.807, 2.05) is 22.4 Å². The largest absolute Gasteiger partial charge is 0.479 e. The number of benzene rings is 1. The molecule has 2 aliphatic heterocycles. The summed E-state index contributed by atoms with van der Waals surface area (Å²) < 4.78 is 5.52. The van der Waals surface area contributed by atoms with Gasteiger partial charge in [0.15, 0.2) is 6.10 Å². The highest BCUT2D eigenvalue weighted by Gasteiger charge is 2.29. The zero-order chi connectivity index (χ0) is 19.7. The Hall–Kier alpha value is -2.87. The third-order valence-corrected chi connectivity index (χ3v) is 5.92. The summed E-state index contributed by atoms with van der Waals surface area (Å²) in [5.74, 6) is 0.201. The number of nitrogens with zero attached hydrogens (tertiary/aromatic N) is 1. The smallest absolute Gasteiger partial charge is 0.265 e. The third-order valence-electron chi connectivity index (χ3n) is 5.06. The number of amides is 3. The molecule has 1 atom stereocenters. The second-order valence-electron chi connectivity index (χ2n) is 6.99. The zero-order valence-electron chi connectivity index (χ0n) is 15.4. The summed E-state index contributed by atoms with van der Waals surface area (Å²) in [7, 11) is 0. The van der Waals surface area contributed by atoms with Crippen molar-refractivity contribution in [3.05, 3.63) is 40.6 Å². The molecule has 1 saturated heterocycles. The molecular formula is C20H21N3O4S. The van der Waals surface area contributed by atoms with Gasteiger partial charge in [-0.15, -0.1) is 11.3 Å². The normalized spacial score (nSPS) is 19.4. The first-order valence-corrected chi connectivity index (χ1v) is 10.1. The Morgan fingerprint density at radius 1 is 1.25 bits per heavy atom. The fourth-order valence-corrected chi connectivity index (χ4v) is 4.12. The topological polar surface area (TPSA) is 87.7 Å². The summed E-state index contributed by atoms with van der Waals surface area (Å²) in [4.78, 5) is 39.3. The number of likely N-dealkylation sites (tertiary alicyclic amines) is 1. The molecule has 0 bridgehead atoms. The maximum absolute atomic E-state index is 12.6. The lowest BCUT2D eigenvalue weighted by Crippen LogP contribution is -2.41. The molecule has 0 radical (unpaired) electrons. The molecule has 0 aliphatic carbocycles. The van der Waals surface area contributed by atoms with Gasteiger partial charge in [-0.1, -0.05) is 6.07 Å². The van der Waals surface area contributed by atoms with Crippen molar-refractivity contribution in [2.24, 2.45) is 5.92 Å². The number of carbonyl (C=O) groups is 3. The van der Waals surface area contributed by atoms with Gasteiger partial charge in [-0.2, -0.15) is 0 Å². The number of anilines is 2. The van der Waals surface area contributed by atoms with Crippen LogP contribution >= 0.6 is 11.3 Å². The van der Waals surface area contributed by atoms with E-state index in [2.05, 4.69) is 10.6 Å². The van der Waals surface area contributed by atoms with Gasteiger partial charge >= 0.3 is 0 Å². The van der Waals surface area contributed by atoms with Crippen LogP contribution in [0.1, 0.15) is 29.4 Å². The molecule has 2 N–H and O–H groups in total. The molecule has 8 heteroatoms. The standard InChI is InChI=1S/C20H21N3O4S/c1-12-18(24)22-15-11-14(4-5-16(15)27-12)21-19(25)13-6-8-23(9-7-13)20(26)17-3-2-10-28-17/h2-5,10-13H,6-9H2,1H3,(H,21,25)(H,22,24)/t12-/m1/s1. The quantitative estimate of drug-likeness (QED) is 0.831. The van der Waals surface area contributed by atoms with E-state index in [1.165, 1.54) is 11.3 Å². The van der Waals surface area contributed by atoms with Crippen molar-refractivity contribution in [2.75, 3.05) is 23.7 Å². The minimum Gasteiger partial charge on any atom is -0.479 e. The first kappa shape index (κ1) is 18.5. The monoisotopic (exact) mass is 399 g/mol. The number of ether oxygens (including phenoxy) is 1. The maximum atomic E-state index is 12.6. The molecule has 3 heterocycles. The van der Waals surface area contributed by atoms with Crippen molar-refractivity contribution in [3.63, 3.8) is 0 Å². The zero-order valence-corrected chi connectivity index (χ0v) is 16.3. The number of hydrogen-bond donors (Lipinski definition) is 2. The van der Waals surface area contributed by atoms with Crippen LogP contribution in [-0.4, -0.2) is 41.8 Å². The number of hydrogen-bond acceptors (Lipinski definition) is 5. The van der Waals surface area contributed by atoms with Crippen LogP contribution in [0.15, 0.2) is 35.7 Å². The molecule has 2 aromatic rings.